The lowest BCUT2D eigenvalue weighted by Crippen LogP contribution is -2.46. The average Bonchev–Trinajstić information content (AvgIpc) is 3.48. The number of nitrogen functional groups attached to an aromatic ring is 1. The van der Waals surface area contributed by atoms with E-state index in [1.165, 1.54) is 12.4 Å². The maximum Gasteiger partial charge on any atom is 0.314 e. The van der Waals surface area contributed by atoms with Crippen LogP contribution in [0.2, 0.25) is 0 Å². The van der Waals surface area contributed by atoms with E-state index >= 15 is 0 Å². The first-order chi connectivity index (χ1) is 16.3. The lowest BCUT2D eigenvalue weighted by Gasteiger charge is -2.38. The van der Waals surface area contributed by atoms with Gasteiger partial charge in [0, 0.05) is 18.0 Å². The van der Waals surface area contributed by atoms with Crippen molar-refractivity contribution < 1.29 is 9.59 Å². The van der Waals surface area contributed by atoms with Crippen molar-refractivity contribution in [1.82, 2.24) is 29.9 Å². The summed E-state index contributed by atoms with van der Waals surface area (Å²) in [6, 6.07) is 6.24. The quantitative estimate of drug-likeness (QED) is 0.401. The molecule has 2 atom stereocenters. The summed E-state index contributed by atoms with van der Waals surface area (Å²) in [5.41, 5.74) is 8.83. The molecule has 10 nitrogen and oxygen atoms in total. The lowest BCUT2D eigenvalue weighted by atomic mass is 9.89. The number of likely N-dealkylation sites (tertiary alicyclic amines) is 1. The molecule has 4 aromatic rings. The van der Waals surface area contributed by atoms with E-state index in [1.807, 2.05) is 23.0 Å². The highest BCUT2D eigenvalue weighted by Gasteiger charge is 2.34. The van der Waals surface area contributed by atoms with Crippen molar-refractivity contribution in [3.63, 3.8) is 0 Å². The fourth-order valence-electron chi connectivity index (χ4n) is 4.77. The number of anilines is 2. The molecular formula is C24H28N8O2. The van der Waals surface area contributed by atoms with Crippen molar-refractivity contribution >= 4 is 45.1 Å². The van der Waals surface area contributed by atoms with Crippen molar-refractivity contribution in [3.05, 3.63) is 42.4 Å². The number of nitrogens with zero attached hydrogens (tertiary/aromatic N) is 5. The van der Waals surface area contributed by atoms with Gasteiger partial charge in [-0.05, 0) is 50.3 Å². The molecule has 0 radical (unpaired) electrons. The van der Waals surface area contributed by atoms with Gasteiger partial charge in [-0.2, -0.15) is 10.2 Å². The van der Waals surface area contributed by atoms with Gasteiger partial charge in [0.2, 0.25) is 0 Å². The number of aromatic nitrogens is 5. The smallest absolute Gasteiger partial charge is 0.314 e. The fraction of sp³-hybridized carbons (Fsp3) is 0.375. The van der Waals surface area contributed by atoms with Gasteiger partial charge in [0.25, 0.3) is 0 Å². The van der Waals surface area contributed by atoms with Gasteiger partial charge >= 0.3 is 11.8 Å². The van der Waals surface area contributed by atoms with Crippen LogP contribution in [0.1, 0.15) is 51.3 Å². The molecular weight excluding hydrogens is 432 g/mol. The van der Waals surface area contributed by atoms with Crippen molar-refractivity contribution in [3.8, 4) is 0 Å². The first kappa shape index (κ1) is 21.9. The summed E-state index contributed by atoms with van der Waals surface area (Å²) >= 11 is 0. The molecule has 176 valence electrons. The van der Waals surface area contributed by atoms with Crippen LogP contribution in [0.3, 0.4) is 0 Å². The number of carbonyl (C=O) groups excluding carboxylic acids is 2. The number of hydrogen-bond acceptors (Lipinski definition) is 6. The highest BCUT2D eigenvalue weighted by atomic mass is 16.2. The van der Waals surface area contributed by atoms with E-state index in [1.54, 1.807) is 4.90 Å². The number of piperidine rings is 1. The number of hydrogen-bond donors (Lipinski definition) is 3. The van der Waals surface area contributed by atoms with E-state index in [0.717, 1.165) is 29.3 Å². The molecule has 1 aromatic carbocycles. The van der Waals surface area contributed by atoms with Crippen molar-refractivity contribution in [1.29, 1.82) is 0 Å². The number of carbonyl (C=O) groups is 2. The van der Waals surface area contributed by atoms with Gasteiger partial charge in [-0.1, -0.05) is 13.0 Å². The largest absolute Gasteiger partial charge is 0.383 e. The summed E-state index contributed by atoms with van der Waals surface area (Å²) in [6.07, 6.45) is 6.59. The molecule has 0 saturated carbocycles. The summed E-state index contributed by atoms with van der Waals surface area (Å²) in [7, 11) is 0. The van der Waals surface area contributed by atoms with Crippen LogP contribution in [-0.2, 0) is 9.59 Å². The van der Waals surface area contributed by atoms with Crippen molar-refractivity contribution in [2.45, 2.75) is 45.7 Å². The van der Waals surface area contributed by atoms with Crippen molar-refractivity contribution in [2.24, 2.45) is 5.92 Å². The molecule has 34 heavy (non-hydrogen) atoms. The monoisotopic (exact) mass is 460 g/mol. The average molecular weight is 461 g/mol. The van der Waals surface area contributed by atoms with Crippen LogP contribution in [0.15, 0.2) is 36.8 Å². The topological polar surface area (TPSA) is 135 Å². The van der Waals surface area contributed by atoms with Crippen LogP contribution >= 0.6 is 0 Å². The van der Waals surface area contributed by atoms with Crippen LogP contribution in [0, 0.1) is 5.92 Å². The maximum atomic E-state index is 13.4. The van der Waals surface area contributed by atoms with Gasteiger partial charge in [-0.15, -0.1) is 0 Å². The van der Waals surface area contributed by atoms with E-state index in [2.05, 4.69) is 52.4 Å². The Morgan fingerprint density at radius 2 is 2.03 bits per heavy atom. The third kappa shape index (κ3) is 3.74. The number of rotatable bonds is 3. The van der Waals surface area contributed by atoms with Crippen LogP contribution < -0.4 is 11.1 Å². The second-order valence-corrected chi connectivity index (χ2v) is 9.33. The fourth-order valence-corrected chi connectivity index (χ4v) is 4.77. The third-order valence-corrected chi connectivity index (χ3v) is 6.53. The molecule has 2 amide bonds. The molecule has 1 fully saturated rings. The van der Waals surface area contributed by atoms with Gasteiger partial charge in [0.1, 0.15) is 5.82 Å². The first-order valence-electron chi connectivity index (χ1n) is 11.5. The predicted molar refractivity (Wildman–Crippen MR) is 130 cm³/mol. The highest BCUT2D eigenvalue weighted by Crippen LogP contribution is 2.35. The zero-order valence-electron chi connectivity index (χ0n) is 19.4. The molecule has 0 spiro atoms. The molecule has 0 bridgehead atoms. The molecule has 1 saturated heterocycles. The Morgan fingerprint density at radius 1 is 1.21 bits per heavy atom. The number of fused-ring (bicyclic) bond motifs is 2. The highest BCUT2D eigenvalue weighted by molar-refractivity contribution is 6.40. The molecule has 1 aliphatic heterocycles. The van der Waals surface area contributed by atoms with Crippen LogP contribution in [0.25, 0.3) is 21.8 Å². The lowest BCUT2D eigenvalue weighted by molar-refractivity contribution is -0.146. The van der Waals surface area contributed by atoms with Crippen LogP contribution in [0.4, 0.5) is 11.5 Å². The Labute approximate surface area is 196 Å². The van der Waals surface area contributed by atoms with Gasteiger partial charge in [0.05, 0.1) is 46.7 Å². The van der Waals surface area contributed by atoms with Crippen molar-refractivity contribution in [2.75, 3.05) is 17.6 Å². The molecule has 0 unspecified atom stereocenters. The van der Waals surface area contributed by atoms with E-state index in [4.69, 9.17) is 5.73 Å². The number of nitrogens with two attached hydrogens (primary N) is 1. The number of H-pyrrole nitrogens is 1. The zero-order valence-corrected chi connectivity index (χ0v) is 19.4. The molecule has 4 heterocycles. The van der Waals surface area contributed by atoms with Gasteiger partial charge in [-0.3, -0.25) is 19.4 Å². The van der Waals surface area contributed by atoms with Crippen LogP contribution in [0.5, 0.6) is 0 Å². The minimum absolute atomic E-state index is 0.182. The van der Waals surface area contributed by atoms with Gasteiger partial charge in [0.15, 0.2) is 0 Å². The van der Waals surface area contributed by atoms with Crippen LogP contribution in [-0.4, -0.2) is 48.2 Å². The molecule has 3 aromatic heterocycles. The van der Waals surface area contributed by atoms with E-state index in [0.29, 0.717) is 34.9 Å². The Morgan fingerprint density at radius 3 is 2.82 bits per heavy atom. The Balaban J connectivity index is 1.42. The van der Waals surface area contributed by atoms with E-state index in [-0.39, 0.29) is 12.1 Å². The Hall–Kier alpha value is -3.95. The molecule has 0 aliphatic carbocycles. The number of benzene rings is 1. The van der Waals surface area contributed by atoms with Gasteiger partial charge in [-0.25, -0.2) is 4.98 Å². The second kappa shape index (κ2) is 8.44. The number of amides is 2. The standard InChI is InChI=1S/C24H28N8O2/c1-13(2)32-20-7-5-15(8-16(20)9-28-32)19-6-4-14(3)12-31(19)24(34)23(33)29-18-11-26-22(25)17-10-27-30-21(17)18/h5,7-11,13-14,19H,4,6,12H2,1-3H3,(H2,25,26)(H,27,30)(H,29,33)/t14-,19+/m0/s1. The normalized spacial score (nSPS) is 18.6. The van der Waals surface area contributed by atoms with Gasteiger partial charge < -0.3 is 16.0 Å². The maximum absolute atomic E-state index is 13.4. The molecule has 1 aliphatic rings. The SMILES string of the molecule is CC(C)n1ncc2cc([C@H]3CC[C@H](C)CN3C(=O)C(=O)Nc3cnc(N)c4cn[nH]c34)ccc21. The number of nitrogens with one attached hydrogen (secondary N) is 2. The van der Waals surface area contributed by atoms with E-state index in [9.17, 15) is 9.59 Å². The minimum atomic E-state index is -0.713. The molecule has 10 heteroatoms. The third-order valence-electron chi connectivity index (χ3n) is 6.53. The van der Waals surface area contributed by atoms with E-state index < -0.39 is 11.8 Å². The summed E-state index contributed by atoms with van der Waals surface area (Å²) in [4.78, 5) is 32.2. The molecule has 4 N–H and O–H groups in total. The second-order valence-electron chi connectivity index (χ2n) is 9.33. The minimum Gasteiger partial charge on any atom is -0.383 e. The Kier molecular flexibility index (Phi) is 5.43. The molecule has 5 rings (SSSR count). The number of pyridine rings is 1. The predicted octanol–water partition coefficient (Wildman–Crippen LogP) is 3.41. The zero-order chi connectivity index (χ0) is 24.0. The number of aromatic amines is 1. The summed E-state index contributed by atoms with van der Waals surface area (Å²) in [5.74, 6) is -0.679. The first-order valence-corrected chi connectivity index (χ1v) is 11.5. The summed E-state index contributed by atoms with van der Waals surface area (Å²) < 4.78 is 1.98. The Bertz CT molecular complexity index is 1390. The summed E-state index contributed by atoms with van der Waals surface area (Å²) in [6.45, 7) is 6.80. The summed E-state index contributed by atoms with van der Waals surface area (Å²) in [5, 5.41) is 15.6.